The van der Waals surface area contributed by atoms with Gasteiger partial charge in [0.05, 0.1) is 17.3 Å². The molecule has 0 atom stereocenters. The molecule has 6 nitrogen and oxygen atoms in total. The molecule has 2 N–H and O–H groups in total. The number of aromatic nitrogens is 3. The maximum atomic E-state index is 12.8. The van der Waals surface area contributed by atoms with Crippen molar-refractivity contribution in [1.82, 2.24) is 14.6 Å². The molecule has 0 fully saturated rings. The number of rotatable bonds is 2. The fraction of sp³-hybridized carbons (Fsp3) is 0.250. The topological polar surface area (TPSA) is 71.8 Å². The predicted molar refractivity (Wildman–Crippen MR) is 100 cm³/mol. The minimum absolute atomic E-state index is 0.102. The standard InChI is InChI=1S/C16H15N5OS2/c22-15-13-11-5-1-2-6-12(11)24-14(13)18-9-21(15)20-16(23)19-10-4-3-7-17-8-10/h3-4,7-9H,1-2,5-6H2,(H2,19,20,23). The Morgan fingerprint density at radius 1 is 1.33 bits per heavy atom. The van der Waals surface area contributed by atoms with Crippen LogP contribution in [-0.2, 0) is 12.8 Å². The third-order valence-electron chi connectivity index (χ3n) is 4.02. The average Bonchev–Trinajstić information content (AvgIpc) is 2.97. The van der Waals surface area contributed by atoms with E-state index in [2.05, 4.69) is 20.7 Å². The van der Waals surface area contributed by atoms with E-state index in [4.69, 9.17) is 12.2 Å². The van der Waals surface area contributed by atoms with Crippen molar-refractivity contribution in [2.45, 2.75) is 25.7 Å². The maximum Gasteiger partial charge on any atom is 0.281 e. The van der Waals surface area contributed by atoms with Crippen LogP contribution >= 0.6 is 23.6 Å². The molecule has 0 spiro atoms. The lowest BCUT2D eigenvalue weighted by Gasteiger charge is -2.12. The summed E-state index contributed by atoms with van der Waals surface area (Å²) in [4.78, 5) is 23.4. The molecule has 0 aromatic carbocycles. The Morgan fingerprint density at radius 2 is 2.21 bits per heavy atom. The molecule has 3 heterocycles. The zero-order chi connectivity index (χ0) is 16.5. The second-order valence-corrected chi connectivity index (χ2v) is 7.11. The van der Waals surface area contributed by atoms with E-state index < -0.39 is 0 Å². The first-order valence-corrected chi connectivity index (χ1v) is 8.95. The fourth-order valence-corrected chi connectivity index (χ4v) is 4.37. The van der Waals surface area contributed by atoms with E-state index in [0.29, 0.717) is 5.11 Å². The van der Waals surface area contributed by atoms with Crippen molar-refractivity contribution >= 4 is 44.6 Å². The van der Waals surface area contributed by atoms with E-state index in [1.807, 2.05) is 12.1 Å². The van der Waals surface area contributed by atoms with Crippen LogP contribution in [0.15, 0.2) is 35.6 Å². The Kier molecular flexibility index (Phi) is 3.99. The number of thiophene rings is 1. The Hall–Kier alpha value is -2.32. The van der Waals surface area contributed by atoms with Crippen LogP contribution < -0.4 is 16.3 Å². The Balaban J connectivity index is 1.64. The van der Waals surface area contributed by atoms with Gasteiger partial charge in [-0.2, -0.15) is 0 Å². The van der Waals surface area contributed by atoms with Crippen LogP contribution in [0.5, 0.6) is 0 Å². The largest absolute Gasteiger partial charge is 0.330 e. The number of hydrogen-bond donors (Lipinski definition) is 2. The highest BCUT2D eigenvalue weighted by molar-refractivity contribution is 7.80. The van der Waals surface area contributed by atoms with Gasteiger partial charge < -0.3 is 5.32 Å². The second-order valence-electron chi connectivity index (χ2n) is 5.62. The monoisotopic (exact) mass is 357 g/mol. The summed E-state index contributed by atoms with van der Waals surface area (Å²) >= 11 is 6.90. The van der Waals surface area contributed by atoms with Gasteiger partial charge >= 0.3 is 0 Å². The molecule has 8 heteroatoms. The molecule has 4 rings (SSSR count). The predicted octanol–water partition coefficient (Wildman–Crippen LogP) is 2.67. The highest BCUT2D eigenvalue weighted by Gasteiger charge is 2.20. The minimum Gasteiger partial charge on any atom is -0.330 e. The Bertz CT molecular complexity index is 964. The van der Waals surface area contributed by atoms with Gasteiger partial charge in [0.2, 0.25) is 0 Å². The van der Waals surface area contributed by atoms with E-state index >= 15 is 0 Å². The van der Waals surface area contributed by atoms with Crippen molar-refractivity contribution in [2.75, 3.05) is 10.7 Å². The number of hydrogen-bond acceptors (Lipinski definition) is 5. The number of anilines is 1. The number of fused-ring (bicyclic) bond motifs is 3. The number of aryl methyl sites for hydroxylation is 2. The smallest absolute Gasteiger partial charge is 0.281 e. The Morgan fingerprint density at radius 3 is 3.04 bits per heavy atom. The van der Waals surface area contributed by atoms with Crippen LogP contribution in [0.25, 0.3) is 10.2 Å². The first kappa shape index (κ1) is 15.2. The van der Waals surface area contributed by atoms with Gasteiger partial charge in [-0.05, 0) is 55.6 Å². The van der Waals surface area contributed by atoms with E-state index in [-0.39, 0.29) is 5.56 Å². The molecule has 0 bridgehead atoms. The maximum absolute atomic E-state index is 12.8. The van der Waals surface area contributed by atoms with Crippen LogP contribution in [0.2, 0.25) is 0 Å². The summed E-state index contributed by atoms with van der Waals surface area (Å²) in [5.74, 6) is 0. The summed E-state index contributed by atoms with van der Waals surface area (Å²) in [6.45, 7) is 0. The first-order valence-electron chi connectivity index (χ1n) is 7.72. The van der Waals surface area contributed by atoms with Gasteiger partial charge in [0.1, 0.15) is 11.2 Å². The van der Waals surface area contributed by atoms with Gasteiger partial charge in [-0.15, -0.1) is 11.3 Å². The summed E-state index contributed by atoms with van der Waals surface area (Å²) in [6.07, 6.45) is 9.15. The molecule has 0 saturated carbocycles. The SMILES string of the molecule is O=c1c2c3c(sc2ncn1NC(=S)Nc1cccnc1)CCCC3. The molecule has 122 valence electrons. The lowest BCUT2D eigenvalue weighted by Crippen LogP contribution is -2.35. The van der Waals surface area contributed by atoms with Crippen LogP contribution in [0.1, 0.15) is 23.3 Å². The molecule has 24 heavy (non-hydrogen) atoms. The molecule has 0 amide bonds. The molecular formula is C16H15N5OS2. The van der Waals surface area contributed by atoms with Crippen molar-refractivity contribution < 1.29 is 0 Å². The average molecular weight is 357 g/mol. The number of nitrogens with one attached hydrogen (secondary N) is 2. The quantitative estimate of drug-likeness (QED) is 0.687. The van der Waals surface area contributed by atoms with E-state index in [1.165, 1.54) is 27.9 Å². The molecule has 0 saturated heterocycles. The summed E-state index contributed by atoms with van der Waals surface area (Å²) in [7, 11) is 0. The fourth-order valence-electron chi connectivity index (χ4n) is 2.93. The van der Waals surface area contributed by atoms with Crippen molar-refractivity contribution in [3.63, 3.8) is 0 Å². The lowest BCUT2D eigenvalue weighted by atomic mass is 9.97. The van der Waals surface area contributed by atoms with Gasteiger partial charge in [-0.25, -0.2) is 9.66 Å². The van der Waals surface area contributed by atoms with Crippen LogP contribution in [-0.4, -0.2) is 19.8 Å². The van der Waals surface area contributed by atoms with Gasteiger partial charge in [-0.3, -0.25) is 15.2 Å². The molecule has 0 unspecified atom stereocenters. The van der Waals surface area contributed by atoms with Crippen molar-refractivity contribution in [1.29, 1.82) is 0 Å². The summed E-state index contributed by atoms with van der Waals surface area (Å²) in [5, 5.41) is 4.04. The lowest BCUT2D eigenvalue weighted by molar-refractivity contribution is 0.699. The zero-order valence-electron chi connectivity index (χ0n) is 12.8. The van der Waals surface area contributed by atoms with Crippen LogP contribution in [0.3, 0.4) is 0 Å². The highest BCUT2D eigenvalue weighted by atomic mass is 32.1. The third kappa shape index (κ3) is 2.78. The third-order valence-corrected chi connectivity index (χ3v) is 5.41. The number of pyridine rings is 1. The molecule has 3 aromatic rings. The van der Waals surface area contributed by atoms with E-state index in [1.54, 1.807) is 23.7 Å². The van der Waals surface area contributed by atoms with Gasteiger partial charge in [0, 0.05) is 11.1 Å². The second kappa shape index (κ2) is 6.29. The van der Waals surface area contributed by atoms with Gasteiger partial charge in [-0.1, -0.05) is 0 Å². The van der Waals surface area contributed by atoms with Crippen molar-refractivity contribution in [2.24, 2.45) is 0 Å². The molecule has 0 aliphatic heterocycles. The molecule has 1 aliphatic rings. The van der Waals surface area contributed by atoms with Crippen LogP contribution in [0, 0.1) is 0 Å². The van der Waals surface area contributed by atoms with Crippen molar-refractivity contribution in [3.8, 4) is 0 Å². The van der Waals surface area contributed by atoms with Gasteiger partial charge in [0.25, 0.3) is 5.56 Å². The highest BCUT2D eigenvalue weighted by Crippen LogP contribution is 2.33. The van der Waals surface area contributed by atoms with Crippen molar-refractivity contribution in [3.05, 3.63) is 51.6 Å². The normalized spacial score (nSPS) is 13.5. The molecule has 1 aliphatic carbocycles. The van der Waals surface area contributed by atoms with Crippen LogP contribution in [0.4, 0.5) is 5.69 Å². The summed E-state index contributed by atoms with van der Waals surface area (Å²) in [6, 6.07) is 3.66. The number of thiocarbonyl (C=S) groups is 1. The minimum atomic E-state index is -0.102. The molecule has 3 aromatic heterocycles. The van der Waals surface area contributed by atoms with E-state index in [9.17, 15) is 4.79 Å². The van der Waals surface area contributed by atoms with E-state index in [0.717, 1.165) is 35.2 Å². The van der Waals surface area contributed by atoms with Gasteiger partial charge in [0.15, 0.2) is 5.11 Å². The Labute approximate surface area is 147 Å². The number of nitrogens with zero attached hydrogens (tertiary/aromatic N) is 3. The summed E-state index contributed by atoms with van der Waals surface area (Å²) < 4.78 is 1.34. The molecular weight excluding hydrogens is 342 g/mol. The zero-order valence-corrected chi connectivity index (χ0v) is 14.4. The summed E-state index contributed by atoms with van der Waals surface area (Å²) in [5.41, 5.74) is 4.71. The molecule has 0 radical (unpaired) electrons. The first-order chi connectivity index (χ1) is 11.7.